The Morgan fingerprint density at radius 2 is 0.238 bits per heavy atom. The minimum atomic E-state index is 0. The highest BCUT2D eigenvalue weighted by Gasteiger charge is 2.36. The number of aromatic amines is 4. The van der Waals surface area contributed by atoms with Crippen molar-refractivity contribution in [2.24, 2.45) is 0 Å². The molecule has 130 heavy (non-hydrogen) atoms. The average molecular weight is 1800 g/mol. The summed E-state index contributed by atoms with van der Waals surface area (Å²) in [5.41, 5.74) is 8.14. The zero-order chi connectivity index (χ0) is 89.0. The molecule has 0 atom stereocenters. The lowest BCUT2D eigenvalue weighted by Gasteiger charge is -2.13. The van der Waals surface area contributed by atoms with Gasteiger partial charge in [0.15, 0.2) is 46.6 Å². The fraction of sp³-hybridized carbons (Fsp3) is 0.333. The predicted molar refractivity (Wildman–Crippen MR) is 491 cm³/mol. The van der Waals surface area contributed by atoms with Crippen LogP contribution in [0.2, 0.25) is 0 Å². The van der Waals surface area contributed by atoms with Crippen LogP contribution < -0.4 is 101 Å². The van der Waals surface area contributed by atoms with Crippen molar-refractivity contribution in [3.63, 3.8) is 0 Å². The summed E-state index contributed by atoms with van der Waals surface area (Å²) in [4.78, 5) is 77.4. The molecular formula is C96H100Cl2N16O16-2. The summed E-state index contributed by atoms with van der Waals surface area (Å²) in [7, 11) is 0. The van der Waals surface area contributed by atoms with Crippen LogP contribution in [0.5, 0.6) is 92.0 Å². The van der Waals surface area contributed by atoms with E-state index in [9.17, 15) is 0 Å². The number of hydrogen-bond donors (Lipinski definition) is 4. The highest BCUT2D eigenvalue weighted by molar-refractivity contribution is 6.16. The molecule has 4 aliphatic rings. The molecule has 4 N–H and O–H groups in total. The van der Waals surface area contributed by atoms with Crippen molar-refractivity contribution in [3.8, 4) is 183 Å². The summed E-state index contributed by atoms with van der Waals surface area (Å²) < 4.78 is 101. The van der Waals surface area contributed by atoms with Crippen molar-refractivity contribution in [1.29, 1.82) is 0 Å². The minimum Gasteiger partial charge on any atom is -1.00 e. The van der Waals surface area contributed by atoms with E-state index in [1.807, 2.05) is 208 Å². The monoisotopic (exact) mass is 1800 g/mol. The second-order valence-corrected chi connectivity index (χ2v) is 28.6. The molecule has 0 radical (unpaired) electrons. The summed E-state index contributed by atoms with van der Waals surface area (Å²) in [6, 6.07) is 30.0. The number of rotatable bonds is 32. The fourth-order valence-electron chi connectivity index (χ4n) is 16.5. The lowest BCUT2D eigenvalue weighted by Crippen LogP contribution is -3.00. The summed E-state index contributed by atoms with van der Waals surface area (Å²) in [5.74, 6) is 11.6. The van der Waals surface area contributed by atoms with E-state index in [4.69, 9.17) is 136 Å². The Balaban J connectivity index is 0.000000196. The minimum absolute atomic E-state index is 0. The molecule has 676 valence electrons. The Morgan fingerprint density at radius 3 is 0.338 bits per heavy atom. The number of benzene rings is 8. The van der Waals surface area contributed by atoms with Crippen LogP contribution in [0.25, 0.3) is 179 Å². The van der Waals surface area contributed by atoms with Crippen LogP contribution >= 0.6 is 0 Å². The number of aromatic nitrogens is 16. The van der Waals surface area contributed by atoms with Crippen LogP contribution in [0.15, 0.2) is 97.1 Å². The van der Waals surface area contributed by atoms with E-state index < -0.39 is 0 Å². The van der Waals surface area contributed by atoms with Gasteiger partial charge in [0.1, 0.15) is 137 Å². The molecule has 0 unspecified atom stereocenters. The molecule has 0 saturated heterocycles. The molecule has 0 saturated carbocycles. The van der Waals surface area contributed by atoms with Gasteiger partial charge in [-0.25, -0.2) is 59.8 Å². The van der Waals surface area contributed by atoms with Gasteiger partial charge in [0, 0.05) is 0 Å². The topological polar surface area (TPSA) is 366 Å². The average Bonchev–Trinajstić information content (AvgIpc) is 1.57. The Labute approximate surface area is 761 Å². The molecule has 0 aliphatic carbocycles. The fourth-order valence-corrected chi connectivity index (χ4v) is 16.5. The molecule has 14 aromatic rings. The first-order valence-corrected chi connectivity index (χ1v) is 43.9. The first-order valence-electron chi connectivity index (χ1n) is 43.9. The third kappa shape index (κ3) is 16.3. The third-order valence-electron chi connectivity index (χ3n) is 21.0. The summed E-state index contributed by atoms with van der Waals surface area (Å²) in [5, 5.41) is 5.07. The summed E-state index contributed by atoms with van der Waals surface area (Å²) in [6.07, 6.45) is 0. The Morgan fingerprint density at radius 1 is 0.146 bits per heavy atom. The summed E-state index contributed by atoms with van der Waals surface area (Å²) >= 11 is 0. The first kappa shape index (κ1) is 90.6. The van der Waals surface area contributed by atoms with Crippen LogP contribution in [0.3, 0.4) is 0 Å². The summed E-state index contributed by atoms with van der Waals surface area (Å²) in [6.45, 7) is 37.2. The normalized spacial score (nSPS) is 11.4. The van der Waals surface area contributed by atoms with E-state index in [1.54, 1.807) is 0 Å². The number of H-pyrrole nitrogens is 4. The van der Waals surface area contributed by atoms with Gasteiger partial charge in [0.25, 0.3) is 0 Å². The molecule has 0 amide bonds. The number of nitrogens with zero attached hydrogens (tertiary/aromatic N) is 12. The predicted octanol–water partition coefficient (Wildman–Crippen LogP) is 14.1. The lowest BCUT2D eigenvalue weighted by atomic mass is 10.1. The number of fused-ring (bicyclic) bond motifs is 40. The molecule has 0 spiro atoms. The van der Waals surface area contributed by atoms with Gasteiger partial charge in [0.2, 0.25) is 0 Å². The quantitative estimate of drug-likeness (QED) is 0.0304. The second kappa shape index (κ2) is 39.6. The van der Waals surface area contributed by atoms with Crippen LogP contribution in [0, 0.1) is 0 Å². The Kier molecular flexibility index (Phi) is 27.6. The zero-order valence-corrected chi connectivity index (χ0v) is 76.7. The SMILES string of the molecule is CCOc1ccc(OCC)c2c1-c1nc-2nc2[nH]c(nc3nc(nc4[nH]c(n1)c1c(OCC)ccc(OCC)c41)-c1c(OCC)ccc(OCC)c1-3)c1c(OCC)ccc(OCC)c21.CCOc1ccc(OCC)c2c1-c1nc-2nc2[nH]c(nc3nc(nc4[nH]c(n1)c1c(OCC)ccc(OCC)c41)-c1c(OCC)ccc(OCC)c1-3)c1c(OCC)ccc(OCC)c21.[Cl-].[Cl-]. The van der Waals surface area contributed by atoms with Gasteiger partial charge in [-0.2, -0.15) is 0 Å². The molecule has 34 heteroatoms. The van der Waals surface area contributed by atoms with Gasteiger partial charge < -0.3 is 121 Å². The second-order valence-electron chi connectivity index (χ2n) is 28.6. The van der Waals surface area contributed by atoms with Crippen LogP contribution in [0.4, 0.5) is 0 Å². The van der Waals surface area contributed by atoms with Gasteiger partial charge in [0.05, 0.1) is 193 Å². The maximum Gasteiger partial charge on any atom is 0.168 e. The van der Waals surface area contributed by atoms with E-state index in [0.717, 1.165) is 0 Å². The number of ether oxygens (including phenoxy) is 16. The van der Waals surface area contributed by atoms with Gasteiger partial charge in [-0.1, -0.05) is 0 Å². The first-order chi connectivity index (χ1) is 62.8. The maximum atomic E-state index is 6.29. The van der Waals surface area contributed by atoms with Crippen LogP contribution in [-0.4, -0.2) is 185 Å². The highest BCUT2D eigenvalue weighted by atomic mass is 35.5. The Bertz CT molecular complexity index is 5810. The van der Waals surface area contributed by atoms with Gasteiger partial charge in [-0.05, 0) is 208 Å². The number of halogens is 2. The number of hydrogen-bond acceptors (Lipinski definition) is 28. The van der Waals surface area contributed by atoms with Gasteiger partial charge in [-0.15, -0.1) is 0 Å². The molecule has 4 aliphatic heterocycles. The lowest BCUT2D eigenvalue weighted by molar-refractivity contribution is -0.001000. The zero-order valence-electron chi connectivity index (χ0n) is 75.2. The molecule has 0 fully saturated rings. The number of nitrogens with one attached hydrogen (secondary N) is 4. The Hall–Kier alpha value is -14.1. The standard InChI is InChI=1S/2C48H50N8O8.2ClH/c2*1-9-57-25-17-18-26(58-10-2)34-33(25)41-49-42(34)54-44-37-29(61-13-5)21-22-30(62-14-6)38(37)46(51-44)56-48-40-32(64-16-8)24-23-31(63-15-7)39(40)47(52-48)55-45-36-28(60-12-4)20-19-27(59-11-3)35(36)43(50-45)53-41;;/h2*17-24H,9-16H2,1-8H3,(H2,49,50,51,52,53,54,55,56);2*1H/p-2. The van der Waals surface area contributed by atoms with Crippen molar-refractivity contribution >= 4 is 88.3 Å². The van der Waals surface area contributed by atoms with Crippen molar-refractivity contribution in [3.05, 3.63) is 97.1 Å². The van der Waals surface area contributed by atoms with E-state index in [1.165, 1.54) is 0 Å². The van der Waals surface area contributed by atoms with E-state index in [0.29, 0.717) is 377 Å². The van der Waals surface area contributed by atoms with E-state index >= 15 is 0 Å². The van der Waals surface area contributed by atoms with Crippen molar-refractivity contribution < 1.29 is 101 Å². The molecule has 16 bridgehead atoms. The molecule has 32 nitrogen and oxygen atoms in total. The van der Waals surface area contributed by atoms with Gasteiger partial charge in [-0.3, -0.25) is 0 Å². The van der Waals surface area contributed by atoms with Crippen LogP contribution in [0.1, 0.15) is 111 Å². The third-order valence-corrected chi connectivity index (χ3v) is 21.0. The molecule has 10 heterocycles. The van der Waals surface area contributed by atoms with E-state index in [2.05, 4.69) is 19.9 Å². The van der Waals surface area contributed by atoms with Gasteiger partial charge >= 0.3 is 0 Å². The van der Waals surface area contributed by atoms with Crippen molar-refractivity contribution in [2.75, 3.05) is 106 Å². The van der Waals surface area contributed by atoms with E-state index in [-0.39, 0.29) is 24.8 Å². The smallest absolute Gasteiger partial charge is 0.168 e. The van der Waals surface area contributed by atoms with Crippen LogP contribution in [-0.2, 0) is 0 Å². The highest BCUT2D eigenvalue weighted by Crippen LogP contribution is 2.54. The molecule has 8 aromatic carbocycles. The van der Waals surface area contributed by atoms with Crippen molar-refractivity contribution in [2.45, 2.75) is 111 Å². The largest absolute Gasteiger partial charge is 1.00 e. The molecular weight excluding hydrogens is 1700 g/mol. The molecule has 6 aromatic heterocycles. The van der Waals surface area contributed by atoms with Crippen molar-refractivity contribution in [1.82, 2.24) is 79.7 Å². The molecule has 18 rings (SSSR count). The maximum absolute atomic E-state index is 6.29.